The molecule has 1 amide bonds. The summed E-state index contributed by atoms with van der Waals surface area (Å²) < 4.78 is 34.3. The number of fused-ring (bicyclic) bond motifs is 1. The second kappa shape index (κ2) is 7.14. The van der Waals surface area contributed by atoms with Crippen LogP contribution in [-0.2, 0) is 4.74 Å². The fraction of sp³-hybridized carbons (Fsp3) is 0.348. The van der Waals surface area contributed by atoms with E-state index in [1.165, 1.54) is 4.90 Å². The van der Waals surface area contributed by atoms with E-state index in [0.717, 1.165) is 16.7 Å². The van der Waals surface area contributed by atoms with Crippen LogP contribution in [0.1, 0.15) is 36.0 Å². The summed E-state index contributed by atoms with van der Waals surface area (Å²) in [6, 6.07) is 14.8. The first-order valence-electron chi connectivity index (χ1n) is 10.3. The summed E-state index contributed by atoms with van der Waals surface area (Å²) in [5, 5.41) is 0. The molecule has 0 atom stereocenters. The van der Waals surface area contributed by atoms with E-state index in [1.807, 2.05) is 41.0 Å². The van der Waals surface area contributed by atoms with Gasteiger partial charge in [0.05, 0.1) is 24.1 Å². The first kappa shape index (κ1) is 19.7. The van der Waals surface area contributed by atoms with Crippen LogP contribution in [0.3, 0.4) is 0 Å². The van der Waals surface area contributed by atoms with Crippen molar-refractivity contribution in [1.82, 2.24) is 14.5 Å². The zero-order valence-electron chi connectivity index (χ0n) is 16.8. The van der Waals surface area contributed by atoms with Crippen LogP contribution in [0.4, 0.5) is 13.6 Å². The summed E-state index contributed by atoms with van der Waals surface area (Å²) in [6.07, 6.45) is 0.752. The van der Waals surface area contributed by atoms with E-state index in [4.69, 9.17) is 4.74 Å². The number of rotatable bonds is 4. The molecule has 1 saturated heterocycles. The predicted molar refractivity (Wildman–Crippen MR) is 110 cm³/mol. The first-order valence-corrected chi connectivity index (χ1v) is 10.3. The van der Waals surface area contributed by atoms with Gasteiger partial charge in [0.15, 0.2) is 5.78 Å². The molecule has 1 aliphatic heterocycles. The number of para-hydroxylation sites is 2. The molecular formula is C23H21F2N3O3. The highest BCUT2D eigenvalue weighted by Gasteiger charge is 2.51. The minimum atomic E-state index is -2.71. The van der Waals surface area contributed by atoms with Crippen molar-refractivity contribution in [3.05, 3.63) is 60.4 Å². The lowest BCUT2D eigenvalue weighted by atomic mass is 9.82. The summed E-state index contributed by atoms with van der Waals surface area (Å²) in [5.41, 5.74) is 2.28. The van der Waals surface area contributed by atoms with Gasteiger partial charge in [-0.15, -0.1) is 0 Å². The average Bonchev–Trinajstić information content (AvgIpc) is 3.32. The molecule has 2 aromatic carbocycles. The SMILES string of the molecule is O=C(CN1CC2(CCC(F)(F)CC2)OC1=O)c1ccc(-n2cnc3ccccc32)cc1. The molecule has 1 saturated carbocycles. The fourth-order valence-corrected chi connectivity index (χ4v) is 4.38. The molecule has 0 N–H and O–H groups in total. The molecule has 3 aromatic rings. The lowest BCUT2D eigenvalue weighted by Gasteiger charge is -2.34. The summed E-state index contributed by atoms with van der Waals surface area (Å²) in [6.45, 7) is 0.0388. The van der Waals surface area contributed by atoms with Crippen LogP contribution in [0, 0.1) is 0 Å². The Morgan fingerprint density at radius 2 is 1.74 bits per heavy atom. The van der Waals surface area contributed by atoms with Gasteiger partial charge in [0.2, 0.25) is 5.92 Å². The number of ketones is 1. The molecular weight excluding hydrogens is 404 g/mol. The largest absolute Gasteiger partial charge is 0.441 e. The second-order valence-corrected chi connectivity index (χ2v) is 8.34. The van der Waals surface area contributed by atoms with Gasteiger partial charge >= 0.3 is 6.09 Å². The number of Topliss-reactive ketones (excluding diaryl/α,β-unsaturated/α-hetero) is 1. The lowest BCUT2D eigenvalue weighted by molar-refractivity contribution is -0.0910. The molecule has 2 aliphatic rings. The van der Waals surface area contributed by atoms with Crippen LogP contribution in [0.5, 0.6) is 0 Å². The van der Waals surface area contributed by atoms with Crippen LogP contribution < -0.4 is 0 Å². The Labute approximate surface area is 177 Å². The van der Waals surface area contributed by atoms with Crippen molar-refractivity contribution in [2.75, 3.05) is 13.1 Å². The number of benzene rings is 2. The summed E-state index contributed by atoms with van der Waals surface area (Å²) in [5.74, 6) is -2.93. The number of carbonyl (C=O) groups is 2. The molecule has 5 rings (SSSR count). The van der Waals surface area contributed by atoms with Crippen molar-refractivity contribution in [1.29, 1.82) is 0 Å². The van der Waals surface area contributed by atoms with Crippen LogP contribution >= 0.6 is 0 Å². The molecule has 2 fully saturated rings. The zero-order chi connectivity index (χ0) is 21.6. The van der Waals surface area contributed by atoms with Crippen LogP contribution in [0.2, 0.25) is 0 Å². The van der Waals surface area contributed by atoms with Crippen LogP contribution in [-0.4, -0.2) is 50.9 Å². The molecule has 0 radical (unpaired) electrons. The van der Waals surface area contributed by atoms with Gasteiger partial charge in [0, 0.05) is 24.1 Å². The van der Waals surface area contributed by atoms with E-state index in [0.29, 0.717) is 5.56 Å². The third-order valence-corrected chi connectivity index (χ3v) is 6.19. The molecule has 8 heteroatoms. The van der Waals surface area contributed by atoms with Crippen LogP contribution in [0.25, 0.3) is 16.7 Å². The van der Waals surface area contributed by atoms with E-state index >= 15 is 0 Å². The first-order chi connectivity index (χ1) is 14.8. The van der Waals surface area contributed by atoms with Gasteiger partial charge in [-0.05, 0) is 49.2 Å². The van der Waals surface area contributed by atoms with Gasteiger partial charge in [-0.25, -0.2) is 18.6 Å². The number of amides is 1. The highest BCUT2D eigenvalue weighted by molar-refractivity contribution is 5.99. The third-order valence-electron chi connectivity index (χ3n) is 6.19. The Morgan fingerprint density at radius 1 is 1.03 bits per heavy atom. The molecule has 160 valence electrons. The normalized spacial score (nSPS) is 19.7. The molecule has 1 spiro atoms. The van der Waals surface area contributed by atoms with E-state index in [-0.39, 0.29) is 44.6 Å². The average molecular weight is 425 g/mol. The Balaban J connectivity index is 1.27. The summed E-state index contributed by atoms with van der Waals surface area (Å²) in [7, 11) is 0. The minimum Gasteiger partial charge on any atom is -0.441 e. The molecule has 6 nitrogen and oxygen atoms in total. The number of hydrogen-bond acceptors (Lipinski definition) is 4. The number of carbonyl (C=O) groups excluding carboxylic acids is 2. The Bertz CT molecular complexity index is 1150. The second-order valence-electron chi connectivity index (χ2n) is 8.34. The number of aromatic nitrogens is 2. The van der Waals surface area contributed by atoms with Crippen molar-refractivity contribution in [3.8, 4) is 5.69 Å². The maximum atomic E-state index is 13.5. The van der Waals surface area contributed by atoms with Crippen molar-refractivity contribution in [2.24, 2.45) is 0 Å². The number of ether oxygens (including phenoxy) is 1. The van der Waals surface area contributed by atoms with Gasteiger partial charge < -0.3 is 4.74 Å². The smallest absolute Gasteiger partial charge is 0.410 e. The van der Waals surface area contributed by atoms with Crippen molar-refractivity contribution in [2.45, 2.75) is 37.2 Å². The molecule has 2 heterocycles. The Hall–Kier alpha value is -3.29. The Kier molecular flexibility index (Phi) is 4.53. The standard InChI is InChI=1S/C23H21F2N3O3/c24-23(25)11-9-22(10-12-23)14-27(21(30)31-22)13-20(29)16-5-7-17(8-6-16)28-15-26-18-3-1-2-4-19(18)28/h1-8,15H,9-14H2. The van der Waals surface area contributed by atoms with E-state index < -0.39 is 17.6 Å². The number of imidazole rings is 1. The van der Waals surface area contributed by atoms with Gasteiger partial charge in [0.25, 0.3) is 0 Å². The van der Waals surface area contributed by atoms with Crippen molar-refractivity contribution >= 4 is 22.9 Å². The van der Waals surface area contributed by atoms with Gasteiger partial charge in [-0.1, -0.05) is 12.1 Å². The number of hydrogen-bond donors (Lipinski definition) is 0. The summed E-state index contributed by atoms with van der Waals surface area (Å²) >= 11 is 0. The molecule has 0 unspecified atom stereocenters. The quantitative estimate of drug-likeness (QED) is 0.573. The van der Waals surface area contributed by atoms with E-state index in [9.17, 15) is 18.4 Å². The molecule has 31 heavy (non-hydrogen) atoms. The lowest BCUT2D eigenvalue weighted by Crippen LogP contribution is -2.42. The fourth-order valence-electron chi connectivity index (χ4n) is 4.38. The topological polar surface area (TPSA) is 64.4 Å². The van der Waals surface area contributed by atoms with Gasteiger partial charge in [0.1, 0.15) is 11.9 Å². The van der Waals surface area contributed by atoms with E-state index in [1.54, 1.807) is 18.5 Å². The monoisotopic (exact) mass is 425 g/mol. The maximum Gasteiger partial charge on any atom is 0.410 e. The predicted octanol–water partition coefficient (Wildman–Crippen LogP) is 4.61. The van der Waals surface area contributed by atoms with Crippen LogP contribution in [0.15, 0.2) is 54.9 Å². The number of halogens is 2. The van der Waals surface area contributed by atoms with E-state index in [2.05, 4.69) is 4.98 Å². The van der Waals surface area contributed by atoms with Gasteiger partial charge in [-0.2, -0.15) is 0 Å². The van der Waals surface area contributed by atoms with Gasteiger partial charge in [-0.3, -0.25) is 14.3 Å². The third kappa shape index (κ3) is 3.66. The Morgan fingerprint density at radius 3 is 2.48 bits per heavy atom. The zero-order valence-corrected chi connectivity index (χ0v) is 16.8. The highest BCUT2D eigenvalue weighted by Crippen LogP contribution is 2.43. The van der Waals surface area contributed by atoms with Crippen molar-refractivity contribution < 1.29 is 23.1 Å². The minimum absolute atomic E-state index is 0.115. The number of alkyl halides is 2. The molecule has 1 aliphatic carbocycles. The maximum absolute atomic E-state index is 13.5. The molecule has 0 bridgehead atoms. The van der Waals surface area contributed by atoms with Crippen molar-refractivity contribution in [3.63, 3.8) is 0 Å². The number of nitrogens with zero attached hydrogens (tertiary/aromatic N) is 3. The highest BCUT2D eigenvalue weighted by atomic mass is 19.3. The molecule has 1 aromatic heterocycles. The summed E-state index contributed by atoms with van der Waals surface area (Å²) in [4.78, 5) is 30.7.